The normalized spacial score (nSPS) is 14.1. The molecule has 32 heavy (non-hydrogen) atoms. The van der Waals surface area contributed by atoms with Crippen LogP contribution in [0.4, 0.5) is 5.82 Å². The zero-order chi connectivity index (χ0) is 22.2. The molecule has 1 aromatic carbocycles. The van der Waals surface area contributed by atoms with E-state index in [2.05, 4.69) is 34.4 Å². The van der Waals surface area contributed by atoms with Gasteiger partial charge in [-0.15, -0.1) is 0 Å². The van der Waals surface area contributed by atoms with Gasteiger partial charge in [0.15, 0.2) is 10.8 Å². The summed E-state index contributed by atoms with van der Waals surface area (Å²) in [7, 11) is 0. The van der Waals surface area contributed by atoms with Gasteiger partial charge in [0, 0.05) is 26.1 Å². The van der Waals surface area contributed by atoms with Crippen LogP contribution < -0.4 is 10.2 Å². The zero-order valence-electron chi connectivity index (χ0n) is 18.5. The van der Waals surface area contributed by atoms with Gasteiger partial charge in [-0.05, 0) is 24.2 Å². The third kappa shape index (κ3) is 5.77. The van der Waals surface area contributed by atoms with Crippen LogP contribution in [0, 0.1) is 0 Å². The highest BCUT2D eigenvalue weighted by atomic mass is 32.2. The van der Waals surface area contributed by atoms with Gasteiger partial charge in [-0.1, -0.05) is 49.0 Å². The largest absolute Gasteiger partial charge is 0.378 e. The molecular formula is C23H30N6O2S. The van der Waals surface area contributed by atoms with Gasteiger partial charge in [-0.2, -0.15) is 5.10 Å². The molecule has 1 saturated heterocycles. The minimum absolute atomic E-state index is 0.0725. The number of nitrogens with one attached hydrogen (secondary N) is 1. The summed E-state index contributed by atoms with van der Waals surface area (Å²) in [6, 6.07) is 10.3. The van der Waals surface area contributed by atoms with E-state index in [9.17, 15) is 4.79 Å². The maximum atomic E-state index is 12.2. The number of rotatable bonds is 10. The maximum absolute atomic E-state index is 12.2. The van der Waals surface area contributed by atoms with Gasteiger partial charge in [-0.3, -0.25) is 4.79 Å². The molecule has 0 aliphatic carbocycles. The number of ether oxygens (including phenoxy) is 1. The first-order valence-electron chi connectivity index (χ1n) is 11.2. The summed E-state index contributed by atoms with van der Waals surface area (Å²) >= 11 is 1.63. The number of benzene rings is 1. The molecule has 3 aromatic rings. The van der Waals surface area contributed by atoms with Crippen LogP contribution in [0.5, 0.6) is 0 Å². The van der Waals surface area contributed by atoms with Crippen molar-refractivity contribution in [3.05, 3.63) is 42.1 Å². The lowest BCUT2D eigenvalue weighted by molar-refractivity contribution is -0.121. The Hall–Kier alpha value is -2.65. The highest BCUT2D eigenvalue weighted by Gasteiger charge is 2.20. The van der Waals surface area contributed by atoms with E-state index in [1.807, 2.05) is 29.1 Å². The van der Waals surface area contributed by atoms with Crippen LogP contribution in [-0.2, 0) is 22.5 Å². The van der Waals surface area contributed by atoms with Gasteiger partial charge in [0.05, 0.1) is 31.3 Å². The molecule has 1 amide bonds. The third-order valence-corrected chi connectivity index (χ3v) is 6.13. The Morgan fingerprint density at radius 2 is 2.00 bits per heavy atom. The monoisotopic (exact) mass is 454 g/mol. The molecule has 0 atom stereocenters. The molecule has 0 saturated carbocycles. The molecule has 1 fully saturated rings. The van der Waals surface area contributed by atoms with E-state index in [0.29, 0.717) is 32.7 Å². The van der Waals surface area contributed by atoms with Gasteiger partial charge in [0.2, 0.25) is 5.91 Å². The van der Waals surface area contributed by atoms with Crippen molar-refractivity contribution in [1.29, 1.82) is 0 Å². The Kier molecular flexibility index (Phi) is 7.95. The first kappa shape index (κ1) is 22.5. The van der Waals surface area contributed by atoms with E-state index in [0.717, 1.165) is 53.7 Å². The van der Waals surface area contributed by atoms with Crippen molar-refractivity contribution in [2.24, 2.45) is 0 Å². The molecule has 9 heteroatoms. The number of carbonyl (C=O) groups is 1. The lowest BCUT2D eigenvalue weighted by Crippen LogP contribution is -2.37. The second-order valence-electron chi connectivity index (χ2n) is 7.66. The lowest BCUT2D eigenvalue weighted by atomic mass is 10.1. The van der Waals surface area contributed by atoms with Crippen LogP contribution in [0.1, 0.15) is 25.3 Å². The predicted octanol–water partition coefficient (Wildman–Crippen LogP) is 2.91. The number of anilines is 1. The average Bonchev–Trinajstić information content (AvgIpc) is 3.23. The third-order valence-electron chi connectivity index (χ3n) is 5.40. The zero-order valence-corrected chi connectivity index (χ0v) is 19.3. The Morgan fingerprint density at radius 1 is 1.19 bits per heavy atom. The summed E-state index contributed by atoms with van der Waals surface area (Å²) < 4.78 is 7.36. The fourth-order valence-electron chi connectivity index (χ4n) is 3.78. The summed E-state index contributed by atoms with van der Waals surface area (Å²) in [5.74, 6) is 1.90. The van der Waals surface area contributed by atoms with E-state index < -0.39 is 0 Å². The topological polar surface area (TPSA) is 85.2 Å². The average molecular weight is 455 g/mol. The van der Waals surface area contributed by atoms with Crippen LogP contribution in [0.2, 0.25) is 0 Å². The van der Waals surface area contributed by atoms with Gasteiger partial charge in [0.1, 0.15) is 5.82 Å². The molecule has 0 radical (unpaired) electrons. The van der Waals surface area contributed by atoms with Gasteiger partial charge >= 0.3 is 0 Å². The number of morpholine rings is 1. The standard InChI is InChI=1S/C23H30N6O2S/c1-2-32-23-26-21(28-13-15-31-16-14-28)19-17-25-29(22(19)27-23)12-11-24-20(30)10-6-9-18-7-4-3-5-8-18/h3-5,7-8,17H,2,6,9-16H2,1H3,(H,24,30). The van der Waals surface area contributed by atoms with Crippen molar-refractivity contribution in [1.82, 2.24) is 25.1 Å². The Labute approximate surface area is 192 Å². The molecule has 1 aliphatic rings. The highest BCUT2D eigenvalue weighted by Crippen LogP contribution is 2.27. The summed E-state index contributed by atoms with van der Waals surface area (Å²) in [5, 5.41) is 9.26. The lowest BCUT2D eigenvalue weighted by Gasteiger charge is -2.28. The molecule has 1 N–H and O–H groups in total. The van der Waals surface area contributed by atoms with Gasteiger partial charge in [0.25, 0.3) is 0 Å². The summed E-state index contributed by atoms with van der Waals surface area (Å²) in [6.45, 7) is 6.21. The van der Waals surface area contributed by atoms with Crippen molar-refractivity contribution in [3.8, 4) is 0 Å². The van der Waals surface area contributed by atoms with Crippen LogP contribution in [0.15, 0.2) is 41.7 Å². The Bertz CT molecular complexity index is 1020. The number of aromatic nitrogens is 4. The van der Waals surface area contributed by atoms with E-state index in [-0.39, 0.29) is 5.91 Å². The first-order valence-corrected chi connectivity index (χ1v) is 12.2. The Morgan fingerprint density at radius 3 is 2.78 bits per heavy atom. The second-order valence-corrected chi connectivity index (χ2v) is 8.89. The fourth-order valence-corrected chi connectivity index (χ4v) is 4.34. The fraction of sp³-hybridized carbons (Fsp3) is 0.478. The first-order chi connectivity index (χ1) is 15.7. The molecule has 8 nitrogen and oxygen atoms in total. The summed E-state index contributed by atoms with van der Waals surface area (Å²) in [5.41, 5.74) is 2.08. The highest BCUT2D eigenvalue weighted by molar-refractivity contribution is 7.99. The number of nitrogens with zero attached hydrogens (tertiary/aromatic N) is 5. The van der Waals surface area contributed by atoms with E-state index in [4.69, 9.17) is 14.7 Å². The van der Waals surface area contributed by atoms with E-state index in [1.165, 1.54) is 5.56 Å². The number of fused-ring (bicyclic) bond motifs is 1. The number of hydrogen-bond donors (Lipinski definition) is 1. The number of aryl methyl sites for hydroxylation is 1. The second kappa shape index (κ2) is 11.3. The van der Waals surface area contributed by atoms with Gasteiger partial charge < -0.3 is 15.0 Å². The molecule has 1 aliphatic heterocycles. The van der Waals surface area contributed by atoms with Crippen molar-refractivity contribution >= 4 is 34.5 Å². The number of amides is 1. The number of carbonyl (C=O) groups excluding carboxylic acids is 1. The summed E-state index contributed by atoms with van der Waals surface area (Å²) in [6.07, 6.45) is 4.11. The molecule has 0 unspecified atom stereocenters. The molecule has 3 heterocycles. The SMILES string of the molecule is CCSc1nc(N2CCOCC2)c2cnn(CCNC(=O)CCCc3ccccc3)c2n1. The minimum atomic E-state index is 0.0725. The Balaban J connectivity index is 1.36. The molecule has 0 bridgehead atoms. The number of thioether (sulfide) groups is 1. The van der Waals surface area contributed by atoms with E-state index in [1.54, 1.807) is 11.8 Å². The van der Waals surface area contributed by atoms with Gasteiger partial charge in [-0.25, -0.2) is 14.6 Å². The predicted molar refractivity (Wildman–Crippen MR) is 127 cm³/mol. The number of hydrogen-bond acceptors (Lipinski definition) is 7. The van der Waals surface area contributed by atoms with Crippen LogP contribution in [-0.4, -0.2) is 64.3 Å². The van der Waals surface area contributed by atoms with Crippen molar-refractivity contribution in [3.63, 3.8) is 0 Å². The van der Waals surface area contributed by atoms with Crippen LogP contribution in [0.25, 0.3) is 11.0 Å². The van der Waals surface area contributed by atoms with Crippen molar-refractivity contribution in [2.75, 3.05) is 43.5 Å². The van der Waals surface area contributed by atoms with Crippen LogP contribution in [0.3, 0.4) is 0 Å². The molecule has 170 valence electrons. The van der Waals surface area contributed by atoms with Crippen LogP contribution >= 0.6 is 11.8 Å². The quantitative estimate of drug-likeness (QED) is 0.372. The minimum Gasteiger partial charge on any atom is -0.378 e. The maximum Gasteiger partial charge on any atom is 0.220 e. The summed E-state index contributed by atoms with van der Waals surface area (Å²) in [4.78, 5) is 24.0. The van der Waals surface area contributed by atoms with Crippen molar-refractivity contribution < 1.29 is 9.53 Å². The molecular weight excluding hydrogens is 424 g/mol. The molecule has 0 spiro atoms. The molecule has 4 rings (SSSR count). The van der Waals surface area contributed by atoms with E-state index >= 15 is 0 Å². The van der Waals surface area contributed by atoms with Crippen molar-refractivity contribution in [2.45, 2.75) is 37.9 Å². The molecule has 2 aromatic heterocycles. The smallest absolute Gasteiger partial charge is 0.220 e.